The van der Waals surface area contributed by atoms with E-state index >= 15 is 0 Å². The van der Waals surface area contributed by atoms with Gasteiger partial charge in [-0.1, -0.05) is 20.3 Å². The van der Waals surface area contributed by atoms with Crippen molar-refractivity contribution in [3.63, 3.8) is 0 Å². The minimum Gasteiger partial charge on any atom is -0.315 e. The van der Waals surface area contributed by atoms with E-state index in [0.29, 0.717) is 12.5 Å². The zero-order chi connectivity index (χ0) is 12.6. The zero-order valence-corrected chi connectivity index (χ0v) is 10.9. The van der Waals surface area contributed by atoms with Crippen molar-refractivity contribution in [3.05, 3.63) is 0 Å². The first-order chi connectivity index (χ1) is 8.06. The van der Waals surface area contributed by atoms with Gasteiger partial charge in [0.15, 0.2) is 0 Å². The predicted octanol–water partition coefficient (Wildman–Crippen LogP) is 1.02. The molecule has 4 nitrogen and oxygen atoms in total. The number of rotatable bonds is 4. The molecule has 1 N–H and O–H groups in total. The maximum absolute atomic E-state index is 12.1. The summed E-state index contributed by atoms with van der Waals surface area (Å²) < 4.78 is 0. The molecule has 2 fully saturated rings. The molecule has 4 heteroatoms. The van der Waals surface area contributed by atoms with Gasteiger partial charge in [-0.05, 0) is 25.8 Å². The fraction of sp³-hybridized carbons (Fsp3) is 0.846. The van der Waals surface area contributed by atoms with Crippen molar-refractivity contribution in [1.82, 2.24) is 10.2 Å². The molecule has 2 aliphatic rings. The molecule has 2 rings (SSSR count). The number of hydrogen-bond donors (Lipinski definition) is 1. The highest BCUT2D eigenvalue weighted by Gasteiger charge is 2.49. The molecule has 1 aliphatic heterocycles. The molecule has 3 atom stereocenters. The molecule has 1 aliphatic carbocycles. The van der Waals surface area contributed by atoms with Gasteiger partial charge in [-0.3, -0.25) is 14.5 Å². The number of nitrogens with one attached hydrogen (secondary N) is 1. The molecule has 17 heavy (non-hydrogen) atoms. The lowest BCUT2D eigenvalue weighted by Gasteiger charge is -2.25. The van der Waals surface area contributed by atoms with E-state index < -0.39 is 0 Å². The minimum absolute atomic E-state index is 0.00725. The van der Waals surface area contributed by atoms with Crippen molar-refractivity contribution in [1.29, 1.82) is 0 Å². The predicted molar refractivity (Wildman–Crippen MR) is 65.2 cm³/mol. The second kappa shape index (κ2) is 4.77. The number of likely N-dealkylation sites (N-methyl/N-ethyl adjacent to an activating group) is 1. The summed E-state index contributed by atoms with van der Waals surface area (Å²) in [6, 6.07) is 0.196. The van der Waals surface area contributed by atoms with Gasteiger partial charge in [-0.2, -0.15) is 0 Å². The van der Waals surface area contributed by atoms with Crippen LogP contribution in [0.5, 0.6) is 0 Å². The Balaban J connectivity index is 2.07. The number of fused-ring (bicyclic) bond motifs is 1. The largest absolute Gasteiger partial charge is 0.315 e. The molecule has 0 aromatic heterocycles. The summed E-state index contributed by atoms with van der Waals surface area (Å²) >= 11 is 0. The molecule has 96 valence electrons. The average molecular weight is 238 g/mol. The summed E-state index contributed by atoms with van der Waals surface area (Å²) in [6.45, 7) is 4.73. The van der Waals surface area contributed by atoms with E-state index in [1.165, 1.54) is 4.90 Å². The van der Waals surface area contributed by atoms with Crippen LogP contribution < -0.4 is 5.32 Å². The summed E-state index contributed by atoms with van der Waals surface area (Å²) in [4.78, 5) is 25.8. The molecule has 3 unspecified atom stereocenters. The molecule has 0 aromatic rings. The number of nitrogens with zero attached hydrogens (tertiary/aromatic N) is 1. The Labute approximate surface area is 103 Å². The quantitative estimate of drug-likeness (QED) is 0.744. The Morgan fingerprint density at radius 1 is 1.24 bits per heavy atom. The van der Waals surface area contributed by atoms with E-state index in [2.05, 4.69) is 19.2 Å². The Bertz CT molecular complexity index is 305. The minimum atomic E-state index is -0.00725. The number of amides is 2. The average Bonchev–Trinajstić information content (AvgIpc) is 2.83. The van der Waals surface area contributed by atoms with Crippen LogP contribution in [0.25, 0.3) is 0 Å². The Morgan fingerprint density at radius 3 is 2.18 bits per heavy atom. The lowest BCUT2D eigenvalue weighted by atomic mass is 10.00. The van der Waals surface area contributed by atoms with Crippen LogP contribution >= 0.6 is 0 Å². The first-order valence-electron chi connectivity index (χ1n) is 6.58. The van der Waals surface area contributed by atoms with Gasteiger partial charge in [0.25, 0.3) is 0 Å². The summed E-state index contributed by atoms with van der Waals surface area (Å²) in [5, 5.41) is 3.19. The summed E-state index contributed by atoms with van der Waals surface area (Å²) in [5.41, 5.74) is 0. The maximum atomic E-state index is 12.1. The second-order valence-electron chi connectivity index (χ2n) is 5.57. The van der Waals surface area contributed by atoms with Crippen molar-refractivity contribution in [2.75, 3.05) is 13.6 Å². The highest BCUT2D eigenvalue weighted by atomic mass is 16.2. The van der Waals surface area contributed by atoms with E-state index in [-0.39, 0.29) is 29.7 Å². The van der Waals surface area contributed by atoms with Crippen LogP contribution in [0.2, 0.25) is 0 Å². The smallest absolute Gasteiger partial charge is 0.233 e. The molecule has 1 heterocycles. The van der Waals surface area contributed by atoms with Crippen LogP contribution in [0, 0.1) is 17.8 Å². The van der Waals surface area contributed by atoms with E-state index in [0.717, 1.165) is 19.3 Å². The number of likely N-dealkylation sites (tertiary alicyclic amines) is 1. The van der Waals surface area contributed by atoms with Gasteiger partial charge in [-0.15, -0.1) is 0 Å². The SMILES string of the molecule is CNC(CN1C(=O)C2CCCC2C1=O)C(C)C. The van der Waals surface area contributed by atoms with Crippen LogP contribution in [-0.4, -0.2) is 36.3 Å². The number of hydrogen-bond acceptors (Lipinski definition) is 3. The zero-order valence-electron chi connectivity index (χ0n) is 10.9. The van der Waals surface area contributed by atoms with E-state index in [1.807, 2.05) is 7.05 Å². The van der Waals surface area contributed by atoms with Crippen LogP contribution in [0.4, 0.5) is 0 Å². The molecule has 1 saturated carbocycles. The van der Waals surface area contributed by atoms with Gasteiger partial charge in [-0.25, -0.2) is 0 Å². The van der Waals surface area contributed by atoms with Gasteiger partial charge in [0.1, 0.15) is 0 Å². The van der Waals surface area contributed by atoms with Crippen LogP contribution in [0.1, 0.15) is 33.1 Å². The maximum Gasteiger partial charge on any atom is 0.233 e. The summed E-state index contributed by atoms with van der Waals surface area (Å²) in [5.74, 6) is 0.539. The number of imide groups is 1. The van der Waals surface area contributed by atoms with Gasteiger partial charge in [0, 0.05) is 12.6 Å². The van der Waals surface area contributed by atoms with Crippen molar-refractivity contribution in [2.45, 2.75) is 39.2 Å². The van der Waals surface area contributed by atoms with E-state index in [4.69, 9.17) is 0 Å². The third-order valence-corrected chi connectivity index (χ3v) is 4.24. The van der Waals surface area contributed by atoms with Gasteiger partial charge in [0.2, 0.25) is 11.8 Å². The Kier molecular flexibility index (Phi) is 3.52. The third kappa shape index (κ3) is 2.10. The Morgan fingerprint density at radius 2 is 1.76 bits per heavy atom. The highest BCUT2D eigenvalue weighted by Crippen LogP contribution is 2.39. The Hall–Kier alpha value is -0.900. The standard InChI is InChI=1S/C13H22N2O2/c1-8(2)11(14-3)7-15-12(16)9-5-4-6-10(9)13(15)17/h8-11,14H,4-7H2,1-3H3. The van der Waals surface area contributed by atoms with Crippen molar-refractivity contribution < 1.29 is 9.59 Å². The highest BCUT2D eigenvalue weighted by molar-refractivity contribution is 6.05. The van der Waals surface area contributed by atoms with Crippen molar-refractivity contribution in [3.8, 4) is 0 Å². The van der Waals surface area contributed by atoms with Gasteiger partial charge in [0.05, 0.1) is 11.8 Å². The van der Waals surface area contributed by atoms with Crippen molar-refractivity contribution >= 4 is 11.8 Å². The monoisotopic (exact) mass is 238 g/mol. The summed E-state index contributed by atoms with van der Waals surface area (Å²) in [6.07, 6.45) is 2.83. The fourth-order valence-corrected chi connectivity index (χ4v) is 3.07. The molecule has 0 radical (unpaired) electrons. The van der Waals surface area contributed by atoms with Crippen LogP contribution in [0.15, 0.2) is 0 Å². The van der Waals surface area contributed by atoms with Crippen molar-refractivity contribution in [2.24, 2.45) is 17.8 Å². The number of carbonyl (C=O) groups excluding carboxylic acids is 2. The van der Waals surface area contributed by atoms with Crippen LogP contribution in [0.3, 0.4) is 0 Å². The lowest BCUT2D eigenvalue weighted by molar-refractivity contribution is -0.140. The van der Waals surface area contributed by atoms with Gasteiger partial charge < -0.3 is 5.32 Å². The number of carbonyl (C=O) groups is 2. The second-order valence-corrected chi connectivity index (χ2v) is 5.57. The first kappa shape index (κ1) is 12.6. The molecule has 1 saturated heterocycles. The lowest BCUT2D eigenvalue weighted by Crippen LogP contribution is -2.45. The fourth-order valence-electron chi connectivity index (χ4n) is 3.07. The van der Waals surface area contributed by atoms with Gasteiger partial charge >= 0.3 is 0 Å². The molecule has 2 amide bonds. The normalized spacial score (nSPS) is 30.2. The molecular weight excluding hydrogens is 216 g/mol. The molecule has 0 aromatic carbocycles. The van der Waals surface area contributed by atoms with Crippen LogP contribution in [-0.2, 0) is 9.59 Å². The summed E-state index contributed by atoms with van der Waals surface area (Å²) in [7, 11) is 1.89. The third-order valence-electron chi connectivity index (χ3n) is 4.24. The van der Waals surface area contributed by atoms with E-state index in [1.54, 1.807) is 0 Å². The molecule has 0 bridgehead atoms. The topological polar surface area (TPSA) is 49.4 Å². The molecule has 0 spiro atoms. The van der Waals surface area contributed by atoms with E-state index in [9.17, 15) is 9.59 Å². The first-order valence-corrected chi connectivity index (χ1v) is 6.58. The molecular formula is C13H22N2O2.